The van der Waals surface area contributed by atoms with Crippen molar-refractivity contribution < 1.29 is 14.4 Å². The Morgan fingerprint density at radius 2 is 1.73 bits per heavy atom. The highest BCUT2D eigenvalue weighted by Crippen LogP contribution is 2.27. The molecule has 7 heteroatoms. The van der Waals surface area contributed by atoms with Crippen LogP contribution in [0.25, 0.3) is 21.0 Å². The molecule has 2 heterocycles. The quantitative estimate of drug-likeness (QED) is 0.468. The van der Waals surface area contributed by atoms with Crippen LogP contribution in [0.2, 0.25) is 0 Å². The van der Waals surface area contributed by atoms with Gasteiger partial charge in [-0.2, -0.15) is 4.99 Å². The zero-order valence-electron chi connectivity index (χ0n) is 16.2. The molecule has 5 rings (SSSR count). The molecule has 0 N–H and O–H groups in total. The molecular formula is C23H17N3O3S. The maximum atomic E-state index is 12.9. The monoisotopic (exact) mass is 415 g/mol. The number of hydrogen-bond donors (Lipinski definition) is 0. The SMILES string of the molecule is Cn1c(=NC(=O)c2cccc(N3C(=O)CCC3=O)c2)sc2ccc3ccccc3c21. The molecule has 1 fully saturated rings. The van der Waals surface area contributed by atoms with Gasteiger partial charge in [-0.15, -0.1) is 0 Å². The minimum absolute atomic E-state index is 0.201. The Balaban J connectivity index is 1.58. The number of fused-ring (bicyclic) bond motifs is 3. The van der Waals surface area contributed by atoms with E-state index >= 15 is 0 Å². The van der Waals surface area contributed by atoms with Gasteiger partial charge in [0.05, 0.1) is 15.9 Å². The van der Waals surface area contributed by atoms with Crippen molar-refractivity contribution in [1.29, 1.82) is 0 Å². The highest BCUT2D eigenvalue weighted by molar-refractivity contribution is 7.16. The number of rotatable bonds is 2. The van der Waals surface area contributed by atoms with E-state index in [0.717, 1.165) is 25.9 Å². The van der Waals surface area contributed by atoms with Crippen molar-refractivity contribution >= 4 is 55.7 Å². The Morgan fingerprint density at radius 3 is 2.53 bits per heavy atom. The molecule has 1 aliphatic rings. The van der Waals surface area contributed by atoms with Crippen LogP contribution in [0.4, 0.5) is 5.69 Å². The third-order valence-electron chi connectivity index (χ3n) is 5.29. The normalized spacial score (nSPS) is 15.0. The summed E-state index contributed by atoms with van der Waals surface area (Å²) in [4.78, 5) is 42.9. The van der Waals surface area contributed by atoms with E-state index in [-0.39, 0.29) is 24.7 Å². The molecule has 30 heavy (non-hydrogen) atoms. The van der Waals surface area contributed by atoms with Crippen LogP contribution in [0.3, 0.4) is 0 Å². The van der Waals surface area contributed by atoms with Crippen LogP contribution in [0.15, 0.2) is 65.7 Å². The Labute approximate surface area is 175 Å². The van der Waals surface area contributed by atoms with Gasteiger partial charge in [0.1, 0.15) is 0 Å². The number of imide groups is 1. The summed E-state index contributed by atoms with van der Waals surface area (Å²) in [6.45, 7) is 0. The topological polar surface area (TPSA) is 71.7 Å². The molecule has 3 amide bonds. The molecule has 0 bridgehead atoms. The molecule has 0 spiro atoms. The Hall–Kier alpha value is -3.58. The van der Waals surface area contributed by atoms with Gasteiger partial charge >= 0.3 is 0 Å². The van der Waals surface area contributed by atoms with E-state index in [1.165, 1.54) is 11.3 Å². The average Bonchev–Trinajstić information content (AvgIpc) is 3.26. The Kier molecular flexibility index (Phi) is 4.33. The van der Waals surface area contributed by atoms with Gasteiger partial charge in [0, 0.05) is 30.8 Å². The molecular weight excluding hydrogens is 398 g/mol. The van der Waals surface area contributed by atoms with Gasteiger partial charge in [0.2, 0.25) is 11.8 Å². The molecule has 0 saturated carbocycles. The van der Waals surface area contributed by atoms with Crippen molar-refractivity contribution in [2.24, 2.45) is 12.0 Å². The molecule has 6 nitrogen and oxygen atoms in total. The van der Waals surface area contributed by atoms with Crippen molar-refractivity contribution in [2.75, 3.05) is 4.90 Å². The second kappa shape index (κ2) is 7.03. The van der Waals surface area contributed by atoms with Gasteiger partial charge in [-0.05, 0) is 29.7 Å². The number of aryl methyl sites for hydroxylation is 1. The fourth-order valence-electron chi connectivity index (χ4n) is 3.82. The van der Waals surface area contributed by atoms with E-state index in [2.05, 4.69) is 23.2 Å². The van der Waals surface area contributed by atoms with Gasteiger partial charge in [-0.1, -0.05) is 47.7 Å². The first-order chi connectivity index (χ1) is 14.5. The van der Waals surface area contributed by atoms with E-state index in [1.807, 2.05) is 29.8 Å². The second-order valence-corrected chi connectivity index (χ2v) is 8.18. The third kappa shape index (κ3) is 2.95. The highest BCUT2D eigenvalue weighted by Gasteiger charge is 2.30. The van der Waals surface area contributed by atoms with Gasteiger partial charge < -0.3 is 4.57 Å². The highest BCUT2D eigenvalue weighted by atomic mass is 32.1. The molecule has 1 aromatic heterocycles. The lowest BCUT2D eigenvalue weighted by molar-refractivity contribution is -0.121. The summed E-state index contributed by atoms with van der Waals surface area (Å²) in [6.07, 6.45) is 0.403. The number of thiazole rings is 1. The number of carbonyl (C=O) groups excluding carboxylic acids is 3. The van der Waals surface area contributed by atoms with Crippen LogP contribution in [-0.4, -0.2) is 22.3 Å². The van der Waals surface area contributed by atoms with Crippen LogP contribution in [0.1, 0.15) is 23.2 Å². The Morgan fingerprint density at radius 1 is 0.967 bits per heavy atom. The fourth-order valence-corrected chi connectivity index (χ4v) is 4.85. The van der Waals surface area contributed by atoms with Crippen LogP contribution in [-0.2, 0) is 16.6 Å². The number of nitrogens with zero attached hydrogens (tertiary/aromatic N) is 3. The van der Waals surface area contributed by atoms with E-state index in [0.29, 0.717) is 16.1 Å². The lowest BCUT2D eigenvalue weighted by Gasteiger charge is -2.14. The van der Waals surface area contributed by atoms with E-state index in [1.54, 1.807) is 24.3 Å². The van der Waals surface area contributed by atoms with Gasteiger partial charge in [-0.25, -0.2) is 0 Å². The van der Waals surface area contributed by atoms with Crippen LogP contribution in [0, 0.1) is 0 Å². The molecule has 1 aliphatic heterocycles. The maximum Gasteiger partial charge on any atom is 0.279 e. The first kappa shape index (κ1) is 18.4. The molecule has 3 aromatic carbocycles. The van der Waals surface area contributed by atoms with Crippen molar-refractivity contribution in [3.63, 3.8) is 0 Å². The van der Waals surface area contributed by atoms with E-state index in [9.17, 15) is 14.4 Å². The second-order valence-electron chi connectivity index (χ2n) is 7.17. The molecule has 0 atom stereocenters. The van der Waals surface area contributed by atoms with Crippen molar-refractivity contribution in [3.8, 4) is 0 Å². The minimum atomic E-state index is -0.414. The third-order valence-corrected chi connectivity index (χ3v) is 6.38. The predicted octanol–water partition coefficient (Wildman–Crippen LogP) is 3.79. The summed E-state index contributed by atoms with van der Waals surface area (Å²) >= 11 is 1.45. The number of anilines is 1. The zero-order valence-corrected chi connectivity index (χ0v) is 17.0. The largest absolute Gasteiger partial charge is 0.319 e. The number of carbonyl (C=O) groups is 3. The summed E-state index contributed by atoms with van der Waals surface area (Å²) in [7, 11) is 1.90. The summed E-state index contributed by atoms with van der Waals surface area (Å²) in [5.74, 6) is -0.906. The van der Waals surface area contributed by atoms with E-state index in [4.69, 9.17) is 0 Å². The molecule has 148 valence electrons. The van der Waals surface area contributed by atoms with Crippen LogP contribution >= 0.6 is 11.3 Å². The summed E-state index contributed by atoms with van der Waals surface area (Å²) in [5, 5.41) is 2.24. The molecule has 1 saturated heterocycles. The summed E-state index contributed by atoms with van der Waals surface area (Å²) in [5.41, 5.74) is 1.78. The van der Waals surface area contributed by atoms with Crippen LogP contribution < -0.4 is 9.70 Å². The first-order valence-electron chi connectivity index (χ1n) is 9.55. The zero-order chi connectivity index (χ0) is 20.8. The Bertz CT molecular complexity index is 1410. The summed E-state index contributed by atoms with van der Waals surface area (Å²) < 4.78 is 2.97. The minimum Gasteiger partial charge on any atom is -0.319 e. The summed E-state index contributed by atoms with van der Waals surface area (Å²) in [6, 6.07) is 18.7. The van der Waals surface area contributed by atoms with Crippen LogP contribution in [0.5, 0.6) is 0 Å². The van der Waals surface area contributed by atoms with Crippen molar-refractivity contribution in [3.05, 3.63) is 71.0 Å². The standard InChI is InChI=1S/C23H17N3O3S/c1-25-21-17-8-3-2-5-14(17)9-10-18(21)30-23(25)24-22(29)15-6-4-7-16(13-15)26-19(27)11-12-20(26)28/h2-10,13H,11-12H2,1H3. The smallest absolute Gasteiger partial charge is 0.279 e. The van der Waals surface area contributed by atoms with Crippen molar-refractivity contribution in [1.82, 2.24) is 4.57 Å². The maximum absolute atomic E-state index is 12.9. The van der Waals surface area contributed by atoms with Gasteiger partial charge in [0.25, 0.3) is 5.91 Å². The van der Waals surface area contributed by atoms with E-state index < -0.39 is 5.91 Å². The lowest BCUT2D eigenvalue weighted by Crippen LogP contribution is -2.28. The van der Waals surface area contributed by atoms with Crippen molar-refractivity contribution in [2.45, 2.75) is 12.8 Å². The lowest BCUT2D eigenvalue weighted by atomic mass is 10.1. The number of benzene rings is 3. The van der Waals surface area contributed by atoms with Gasteiger partial charge in [0.15, 0.2) is 4.80 Å². The number of aromatic nitrogens is 1. The fraction of sp³-hybridized carbons (Fsp3) is 0.130. The molecule has 4 aromatic rings. The average molecular weight is 415 g/mol. The molecule has 0 aliphatic carbocycles. The number of hydrogen-bond acceptors (Lipinski definition) is 4. The molecule has 0 unspecified atom stereocenters. The molecule has 0 radical (unpaired) electrons. The van der Waals surface area contributed by atoms with Gasteiger partial charge in [-0.3, -0.25) is 19.3 Å². The predicted molar refractivity (Wildman–Crippen MR) is 116 cm³/mol. The number of amides is 3. The first-order valence-corrected chi connectivity index (χ1v) is 10.4.